The number of aryl methyl sites for hydroxylation is 1. The van der Waals surface area contributed by atoms with Crippen LogP contribution in [0.5, 0.6) is 0 Å². The van der Waals surface area contributed by atoms with Crippen molar-refractivity contribution in [3.8, 4) is 0 Å². The number of rotatable bonds is 5. The fourth-order valence-corrected chi connectivity index (χ4v) is 4.57. The molecule has 1 amide bonds. The third-order valence-corrected chi connectivity index (χ3v) is 6.12. The lowest BCUT2D eigenvalue weighted by Gasteiger charge is -2.10. The number of carbonyl (C=O) groups excluding carboxylic acids is 1. The predicted octanol–water partition coefficient (Wildman–Crippen LogP) is 1.64. The Kier molecular flexibility index (Phi) is 3.82. The number of nitrogens with one attached hydrogen (secondary N) is 1. The van der Waals surface area contributed by atoms with E-state index in [1.54, 1.807) is 0 Å². The molecule has 2 aliphatic rings. The van der Waals surface area contributed by atoms with E-state index < -0.39 is 9.84 Å². The normalized spacial score (nSPS) is 30.2. The average Bonchev–Trinajstić information content (AvgIpc) is 2.84. The lowest BCUT2D eigenvalue weighted by molar-refractivity contribution is -0.121. The Labute approximate surface area is 125 Å². The molecule has 1 aromatic rings. The van der Waals surface area contributed by atoms with Crippen LogP contribution in [0.25, 0.3) is 0 Å². The fourth-order valence-electron chi connectivity index (χ4n) is 2.89. The van der Waals surface area contributed by atoms with E-state index in [0.717, 1.165) is 11.5 Å². The van der Waals surface area contributed by atoms with Gasteiger partial charge in [0.1, 0.15) is 11.5 Å². The first kappa shape index (κ1) is 14.6. The van der Waals surface area contributed by atoms with Crippen molar-refractivity contribution in [1.29, 1.82) is 0 Å². The summed E-state index contributed by atoms with van der Waals surface area (Å²) in [5.41, 5.74) is 0. The highest BCUT2D eigenvalue weighted by atomic mass is 32.2. The molecule has 1 aliphatic heterocycles. The molecule has 2 heterocycles. The zero-order chi connectivity index (χ0) is 15.0. The lowest BCUT2D eigenvalue weighted by Crippen LogP contribution is -2.35. The summed E-state index contributed by atoms with van der Waals surface area (Å²) in [5, 5.41) is 2.79. The molecule has 0 spiro atoms. The topological polar surface area (TPSA) is 76.4 Å². The van der Waals surface area contributed by atoms with Gasteiger partial charge in [0.25, 0.3) is 0 Å². The van der Waals surface area contributed by atoms with Gasteiger partial charge in [-0.25, -0.2) is 8.42 Å². The van der Waals surface area contributed by atoms with Crippen LogP contribution in [0.3, 0.4) is 0 Å². The summed E-state index contributed by atoms with van der Waals surface area (Å²) in [6.45, 7) is 2.20. The minimum absolute atomic E-state index is 0.0726. The molecule has 1 saturated carbocycles. The Bertz CT molecular complexity index is 634. The van der Waals surface area contributed by atoms with Gasteiger partial charge < -0.3 is 9.73 Å². The van der Waals surface area contributed by atoms with Crippen LogP contribution in [-0.2, 0) is 21.1 Å². The third kappa shape index (κ3) is 3.67. The van der Waals surface area contributed by atoms with Crippen molar-refractivity contribution < 1.29 is 17.6 Å². The Balaban J connectivity index is 1.44. The van der Waals surface area contributed by atoms with E-state index in [1.165, 1.54) is 6.42 Å². The first-order valence-corrected chi connectivity index (χ1v) is 9.33. The van der Waals surface area contributed by atoms with Gasteiger partial charge in [0.15, 0.2) is 9.84 Å². The first-order valence-electron chi connectivity index (χ1n) is 7.51. The molecular formula is C15H21NO4S. The number of sulfone groups is 1. The van der Waals surface area contributed by atoms with Gasteiger partial charge in [0.2, 0.25) is 5.91 Å². The summed E-state index contributed by atoms with van der Waals surface area (Å²) in [4.78, 5) is 11.8. The van der Waals surface area contributed by atoms with Crippen LogP contribution in [0.2, 0.25) is 0 Å². The van der Waals surface area contributed by atoms with E-state index >= 15 is 0 Å². The van der Waals surface area contributed by atoms with Crippen molar-refractivity contribution in [3.63, 3.8) is 0 Å². The van der Waals surface area contributed by atoms with Gasteiger partial charge in [-0.1, -0.05) is 6.92 Å². The molecule has 6 heteroatoms. The molecule has 0 radical (unpaired) electrons. The van der Waals surface area contributed by atoms with Crippen LogP contribution >= 0.6 is 0 Å². The summed E-state index contributed by atoms with van der Waals surface area (Å²) in [7, 11) is -2.95. The zero-order valence-corrected chi connectivity index (χ0v) is 13.0. The third-order valence-electron chi connectivity index (χ3n) is 4.35. The van der Waals surface area contributed by atoms with Crippen LogP contribution < -0.4 is 5.32 Å². The molecule has 1 aliphatic carbocycles. The molecule has 0 unspecified atom stereocenters. The van der Waals surface area contributed by atoms with Crippen molar-refractivity contribution in [2.24, 2.45) is 5.92 Å². The number of amides is 1. The molecular weight excluding hydrogens is 290 g/mol. The molecule has 5 nitrogen and oxygen atoms in total. The number of carbonyl (C=O) groups is 1. The average molecular weight is 311 g/mol. The summed E-state index contributed by atoms with van der Waals surface area (Å²) in [5.74, 6) is 3.27. The Morgan fingerprint density at radius 2 is 2.19 bits per heavy atom. The van der Waals surface area contributed by atoms with E-state index in [2.05, 4.69) is 12.2 Å². The van der Waals surface area contributed by atoms with Crippen molar-refractivity contribution in [1.82, 2.24) is 5.32 Å². The minimum atomic E-state index is -2.95. The SMILES string of the molecule is C[C@@H]1C[C@H]1c1ccc(CCC(=O)N[C@H]2CCS(=O)(=O)C2)o1. The second-order valence-corrected chi connectivity index (χ2v) is 8.52. The molecule has 21 heavy (non-hydrogen) atoms. The summed E-state index contributed by atoms with van der Waals surface area (Å²) >= 11 is 0. The second kappa shape index (κ2) is 5.48. The maximum Gasteiger partial charge on any atom is 0.220 e. The van der Waals surface area contributed by atoms with Crippen molar-refractivity contribution in [3.05, 3.63) is 23.7 Å². The first-order chi connectivity index (χ1) is 9.93. The largest absolute Gasteiger partial charge is 0.466 e. The van der Waals surface area contributed by atoms with Crippen molar-refractivity contribution in [2.45, 2.75) is 44.6 Å². The van der Waals surface area contributed by atoms with Crippen LogP contribution in [0.1, 0.15) is 43.6 Å². The molecule has 1 N–H and O–H groups in total. The summed E-state index contributed by atoms with van der Waals surface area (Å²) in [6, 6.07) is 3.72. The summed E-state index contributed by atoms with van der Waals surface area (Å²) < 4.78 is 28.4. The smallest absolute Gasteiger partial charge is 0.220 e. The maximum absolute atomic E-state index is 11.8. The molecule has 1 aromatic heterocycles. The van der Waals surface area contributed by atoms with Gasteiger partial charge in [0, 0.05) is 24.8 Å². The second-order valence-electron chi connectivity index (χ2n) is 6.29. The molecule has 116 valence electrons. The maximum atomic E-state index is 11.8. The number of furan rings is 1. The van der Waals surface area contributed by atoms with E-state index in [1.807, 2.05) is 12.1 Å². The highest BCUT2D eigenvalue weighted by Gasteiger charge is 2.36. The van der Waals surface area contributed by atoms with Gasteiger partial charge in [0.05, 0.1) is 11.5 Å². The monoisotopic (exact) mass is 311 g/mol. The Morgan fingerprint density at radius 1 is 1.43 bits per heavy atom. The highest BCUT2D eigenvalue weighted by Crippen LogP contribution is 2.47. The Morgan fingerprint density at radius 3 is 2.81 bits per heavy atom. The van der Waals surface area contributed by atoms with E-state index in [4.69, 9.17) is 4.42 Å². The molecule has 0 bridgehead atoms. The van der Waals surface area contributed by atoms with Gasteiger partial charge in [-0.3, -0.25) is 4.79 Å². The van der Waals surface area contributed by atoms with E-state index in [0.29, 0.717) is 31.1 Å². The van der Waals surface area contributed by atoms with Crippen molar-refractivity contribution in [2.75, 3.05) is 11.5 Å². The molecule has 3 atom stereocenters. The van der Waals surface area contributed by atoms with Crippen LogP contribution in [0.4, 0.5) is 0 Å². The van der Waals surface area contributed by atoms with Crippen LogP contribution in [-0.4, -0.2) is 31.9 Å². The van der Waals surface area contributed by atoms with Gasteiger partial charge >= 0.3 is 0 Å². The van der Waals surface area contributed by atoms with Crippen LogP contribution in [0.15, 0.2) is 16.5 Å². The standard InChI is InChI=1S/C15H21NO4S/c1-10-8-13(10)14-4-2-12(20-14)3-5-15(17)16-11-6-7-21(18,19)9-11/h2,4,10-11,13H,3,5-9H2,1H3,(H,16,17)/t10-,11+,13-/m1/s1. The highest BCUT2D eigenvalue weighted by molar-refractivity contribution is 7.91. The van der Waals surface area contributed by atoms with E-state index in [9.17, 15) is 13.2 Å². The van der Waals surface area contributed by atoms with E-state index in [-0.39, 0.29) is 23.5 Å². The Hall–Kier alpha value is -1.30. The fraction of sp³-hybridized carbons (Fsp3) is 0.667. The summed E-state index contributed by atoms with van der Waals surface area (Å²) in [6.07, 6.45) is 2.61. The molecule has 1 saturated heterocycles. The van der Waals surface area contributed by atoms with Gasteiger partial charge in [-0.2, -0.15) is 0 Å². The molecule has 3 rings (SSSR count). The number of hydrogen-bond donors (Lipinski definition) is 1. The quantitative estimate of drug-likeness (QED) is 0.897. The van der Waals surface area contributed by atoms with Gasteiger partial charge in [-0.15, -0.1) is 0 Å². The van der Waals surface area contributed by atoms with Crippen molar-refractivity contribution >= 4 is 15.7 Å². The minimum Gasteiger partial charge on any atom is -0.466 e. The molecule has 2 fully saturated rings. The van der Waals surface area contributed by atoms with Gasteiger partial charge in [-0.05, 0) is 30.9 Å². The predicted molar refractivity (Wildman–Crippen MR) is 78.8 cm³/mol. The van der Waals surface area contributed by atoms with Crippen LogP contribution in [0, 0.1) is 5.92 Å². The number of hydrogen-bond acceptors (Lipinski definition) is 4. The zero-order valence-electron chi connectivity index (χ0n) is 12.2. The lowest BCUT2D eigenvalue weighted by atomic mass is 10.2. The molecule has 0 aromatic carbocycles.